The van der Waals surface area contributed by atoms with Crippen LogP contribution in [0.15, 0.2) is 24.4 Å². The fourth-order valence-corrected chi connectivity index (χ4v) is 3.10. The van der Waals surface area contributed by atoms with Crippen LogP contribution in [0.3, 0.4) is 0 Å². The summed E-state index contributed by atoms with van der Waals surface area (Å²) in [6.45, 7) is 5.52. The zero-order chi connectivity index (χ0) is 19.9. The smallest absolute Gasteiger partial charge is 0.409 e. The molecule has 0 atom stereocenters. The molecule has 2 N–H and O–H groups in total. The maximum atomic E-state index is 11.8. The highest BCUT2D eigenvalue weighted by atomic mass is 16.6. The number of ether oxygens (including phenoxy) is 2. The number of nitrogens with zero attached hydrogens (tertiary/aromatic N) is 4. The number of carbonyl (C=O) groups is 1. The van der Waals surface area contributed by atoms with Crippen LogP contribution >= 0.6 is 0 Å². The van der Waals surface area contributed by atoms with Crippen LogP contribution in [0, 0.1) is 6.92 Å². The van der Waals surface area contributed by atoms with E-state index in [1.807, 2.05) is 32.0 Å². The van der Waals surface area contributed by atoms with Gasteiger partial charge in [-0.25, -0.2) is 4.79 Å². The number of amides is 1. The minimum absolute atomic E-state index is 0.212. The Labute approximate surface area is 164 Å². The molecule has 2 aromatic rings. The highest BCUT2D eigenvalue weighted by Crippen LogP contribution is 2.27. The Hall–Kier alpha value is -3.10. The maximum absolute atomic E-state index is 11.8. The molecular weight excluding hydrogens is 360 g/mol. The number of rotatable bonds is 6. The van der Waals surface area contributed by atoms with Gasteiger partial charge in [-0.15, -0.1) is 5.10 Å². The second-order valence-electron chi connectivity index (χ2n) is 6.60. The van der Waals surface area contributed by atoms with Crippen molar-refractivity contribution in [2.24, 2.45) is 0 Å². The Morgan fingerprint density at radius 2 is 2.11 bits per heavy atom. The second kappa shape index (κ2) is 9.20. The fraction of sp³-hybridized carbons (Fsp3) is 0.474. The van der Waals surface area contributed by atoms with E-state index in [1.165, 1.54) is 0 Å². The van der Waals surface area contributed by atoms with Gasteiger partial charge in [0.25, 0.3) is 0 Å². The van der Waals surface area contributed by atoms with Crippen molar-refractivity contribution < 1.29 is 14.3 Å². The standard InChI is InChI=1S/C19H26N6O3/c1-4-28-19(26)25-9-7-14(8-10-25)21-17-12-20-24-18(23-17)22-15-11-13(2)5-6-16(15)27-3/h5-6,11-12,14H,4,7-10H2,1-3H3,(H2,21,22,23,24). The molecule has 0 spiro atoms. The van der Waals surface area contributed by atoms with Gasteiger partial charge in [0.2, 0.25) is 5.95 Å². The number of methoxy groups -OCH3 is 1. The molecule has 1 aromatic heterocycles. The predicted octanol–water partition coefficient (Wildman–Crippen LogP) is 2.97. The van der Waals surface area contributed by atoms with Crippen molar-refractivity contribution >= 4 is 23.5 Å². The summed E-state index contributed by atoms with van der Waals surface area (Å²) in [6, 6.07) is 6.05. The third-order valence-corrected chi connectivity index (χ3v) is 4.53. The Bertz CT molecular complexity index is 808. The van der Waals surface area contributed by atoms with Gasteiger partial charge in [0, 0.05) is 19.1 Å². The number of aromatic nitrogens is 3. The van der Waals surface area contributed by atoms with Crippen LogP contribution in [0.2, 0.25) is 0 Å². The first-order valence-corrected chi connectivity index (χ1v) is 9.38. The van der Waals surface area contributed by atoms with Gasteiger partial charge >= 0.3 is 6.09 Å². The van der Waals surface area contributed by atoms with Gasteiger partial charge in [-0.1, -0.05) is 6.07 Å². The van der Waals surface area contributed by atoms with E-state index in [4.69, 9.17) is 9.47 Å². The summed E-state index contributed by atoms with van der Waals surface area (Å²) in [5.41, 5.74) is 1.88. The number of piperidine rings is 1. The lowest BCUT2D eigenvalue weighted by Gasteiger charge is -2.31. The molecule has 1 aromatic carbocycles. The quantitative estimate of drug-likeness (QED) is 0.781. The summed E-state index contributed by atoms with van der Waals surface area (Å²) in [6.07, 6.45) is 2.98. The Kier molecular flexibility index (Phi) is 6.46. The van der Waals surface area contributed by atoms with Gasteiger partial charge in [-0.2, -0.15) is 10.1 Å². The van der Waals surface area contributed by atoms with Crippen molar-refractivity contribution in [3.05, 3.63) is 30.0 Å². The molecule has 9 nitrogen and oxygen atoms in total. The van der Waals surface area contributed by atoms with Crippen molar-refractivity contribution in [3.63, 3.8) is 0 Å². The van der Waals surface area contributed by atoms with Gasteiger partial charge in [0.1, 0.15) is 5.75 Å². The lowest BCUT2D eigenvalue weighted by molar-refractivity contribution is 0.0983. The summed E-state index contributed by atoms with van der Waals surface area (Å²) in [7, 11) is 1.62. The first kappa shape index (κ1) is 19.7. The zero-order valence-corrected chi connectivity index (χ0v) is 16.4. The average molecular weight is 386 g/mol. The first-order chi connectivity index (χ1) is 13.6. The molecule has 0 unspecified atom stereocenters. The summed E-state index contributed by atoms with van der Waals surface area (Å²) in [5.74, 6) is 1.73. The van der Waals surface area contributed by atoms with Crippen LogP contribution < -0.4 is 15.4 Å². The first-order valence-electron chi connectivity index (χ1n) is 9.38. The number of benzene rings is 1. The summed E-state index contributed by atoms with van der Waals surface area (Å²) < 4.78 is 10.4. The van der Waals surface area contributed by atoms with E-state index < -0.39 is 0 Å². The van der Waals surface area contributed by atoms with Gasteiger partial charge in [0.05, 0.1) is 25.6 Å². The molecule has 1 amide bonds. The predicted molar refractivity (Wildman–Crippen MR) is 106 cm³/mol. The molecule has 28 heavy (non-hydrogen) atoms. The van der Waals surface area contributed by atoms with Crippen molar-refractivity contribution in [3.8, 4) is 5.75 Å². The lowest BCUT2D eigenvalue weighted by atomic mass is 10.1. The van der Waals surface area contributed by atoms with E-state index in [0.717, 1.165) is 24.1 Å². The topological polar surface area (TPSA) is 102 Å². The average Bonchev–Trinajstić information content (AvgIpc) is 2.69. The molecule has 0 saturated carbocycles. The minimum atomic E-state index is -0.247. The van der Waals surface area contributed by atoms with Crippen LogP contribution in [0.1, 0.15) is 25.3 Å². The summed E-state index contributed by atoms with van der Waals surface area (Å²) >= 11 is 0. The van der Waals surface area contributed by atoms with E-state index in [1.54, 1.807) is 18.2 Å². The third-order valence-electron chi connectivity index (χ3n) is 4.53. The lowest BCUT2D eigenvalue weighted by Crippen LogP contribution is -2.42. The number of hydrogen-bond donors (Lipinski definition) is 2. The molecule has 0 radical (unpaired) electrons. The molecule has 0 aliphatic carbocycles. The van der Waals surface area contributed by atoms with Crippen molar-refractivity contribution in [2.45, 2.75) is 32.7 Å². The highest BCUT2D eigenvalue weighted by molar-refractivity contribution is 5.67. The molecule has 9 heteroatoms. The summed E-state index contributed by atoms with van der Waals surface area (Å²) in [4.78, 5) is 18.0. The minimum Gasteiger partial charge on any atom is -0.495 e. The Balaban J connectivity index is 1.60. The van der Waals surface area contributed by atoms with Crippen LogP contribution in [0.5, 0.6) is 5.75 Å². The van der Waals surface area contributed by atoms with E-state index in [0.29, 0.717) is 37.2 Å². The molecule has 1 aliphatic rings. The van der Waals surface area contributed by atoms with Gasteiger partial charge < -0.3 is 25.0 Å². The number of nitrogens with one attached hydrogen (secondary N) is 2. The molecular formula is C19H26N6O3. The maximum Gasteiger partial charge on any atom is 0.409 e. The van der Waals surface area contributed by atoms with Crippen LogP contribution in [-0.4, -0.2) is 59.0 Å². The zero-order valence-electron chi connectivity index (χ0n) is 16.4. The van der Waals surface area contributed by atoms with E-state index in [-0.39, 0.29) is 12.1 Å². The SMILES string of the molecule is CCOC(=O)N1CCC(Nc2cnnc(Nc3cc(C)ccc3OC)n2)CC1. The van der Waals surface area contributed by atoms with Crippen LogP contribution in [0.4, 0.5) is 22.2 Å². The largest absolute Gasteiger partial charge is 0.495 e. The number of aryl methyl sites for hydroxylation is 1. The fourth-order valence-electron chi connectivity index (χ4n) is 3.10. The molecule has 1 saturated heterocycles. The molecule has 1 fully saturated rings. The van der Waals surface area contributed by atoms with Gasteiger partial charge in [-0.05, 0) is 44.4 Å². The molecule has 150 valence electrons. The monoisotopic (exact) mass is 386 g/mol. The molecule has 3 rings (SSSR count). The van der Waals surface area contributed by atoms with E-state index in [2.05, 4.69) is 25.8 Å². The molecule has 0 bridgehead atoms. The van der Waals surface area contributed by atoms with E-state index >= 15 is 0 Å². The highest BCUT2D eigenvalue weighted by Gasteiger charge is 2.23. The van der Waals surface area contributed by atoms with E-state index in [9.17, 15) is 4.79 Å². The van der Waals surface area contributed by atoms with Crippen molar-refractivity contribution in [2.75, 3.05) is 37.4 Å². The normalized spacial score (nSPS) is 14.5. The number of anilines is 3. The number of carbonyl (C=O) groups excluding carboxylic acids is 1. The Morgan fingerprint density at radius 1 is 1.32 bits per heavy atom. The van der Waals surface area contributed by atoms with Crippen molar-refractivity contribution in [1.29, 1.82) is 0 Å². The van der Waals surface area contributed by atoms with Crippen molar-refractivity contribution in [1.82, 2.24) is 20.1 Å². The van der Waals surface area contributed by atoms with Crippen LogP contribution in [0.25, 0.3) is 0 Å². The van der Waals surface area contributed by atoms with Crippen LogP contribution in [-0.2, 0) is 4.74 Å². The Morgan fingerprint density at radius 3 is 2.82 bits per heavy atom. The third kappa shape index (κ3) is 4.99. The van der Waals surface area contributed by atoms with Gasteiger partial charge in [0.15, 0.2) is 5.82 Å². The summed E-state index contributed by atoms with van der Waals surface area (Å²) in [5, 5.41) is 14.6. The number of hydrogen-bond acceptors (Lipinski definition) is 8. The van der Waals surface area contributed by atoms with Gasteiger partial charge in [-0.3, -0.25) is 0 Å². The number of likely N-dealkylation sites (tertiary alicyclic amines) is 1. The second-order valence-corrected chi connectivity index (χ2v) is 6.60. The molecule has 1 aliphatic heterocycles. The molecule has 2 heterocycles.